The number of aryl methyl sites for hydroxylation is 1. The summed E-state index contributed by atoms with van der Waals surface area (Å²) < 4.78 is 6.19. The molecule has 3 unspecified atom stereocenters. The molecule has 0 aromatic heterocycles. The van der Waals surface area contributed by atoms with Gasteiger partial charge in [-0.3, -0.25) is 0 Å². The molecule has 1 aromatic rings. The highest BCUT2D eigenvalue weighted by molar-refractivity contribution is 7.99. The molecule has 0 saturated carbocycles. The van der Waals surface area contributed by atoms with Crippen molar-refractivity contribution in [2.45, 2.75) is 44.8 Å². The van der Waals surface area contributed by atoms with Crippen molar-refractivity contribution in [1.82, 2.24) is 5.32 Å². The highest BCUT2D eigenvalue weighted by atomic mass is 32.2. The largest absolute Gasteiger partial charge is 0.374 e. The molecule has 1 N–H and O–H groups in total. The van der Waals surface area contributed by atoms with Crippen molar-refractivity contribution in [2.75, 3.05) is 24.7 Å². The van der Waals surface area contributed by atoms with Crippen molar-refractivity contribution in [3.8, 4) is 0 Å². The van der Waals surface area contributed by atoms with Crippen LogP contribution < -0.4 is 5.32 Å². The smallest absolute Gasteiger partial charge is 0.0783 e. The molecule has 2 aliphatic heterocycles. The summed E-state index contributed by atoms with van der Waals surface area (Å²) >= 11 is 2.06. The molecule has 2 aliphatic rings. The summed E-state index contributed by atoms with van der Waals surface area (Å²) in [6, 6.07) is 9.55. The van der Waals surface area contributed by atoms with Gasteiger partial charge < -0.3 is 10.1 Å². The number of thioether (sulfide) groups is 1. The Kier molecular flexibility index (Phi) is 4.92. The van der Waals surface area contributed by atoms with Crippen molar-refractivity contribution in [2.24, 2.45) is 5.92 Å². The Balaban J connectivity index is 1.78. The predicted octanol–water partition coefficient (Wildman–Crippen LogP) is 3.95. The standard InChI is InChI=1S/C18H27NOS/c1-3-19-17(15-6-4-14(2)5-7-15)16-8-10-20-18(12-16)9-11-21-13-18/h4-7,16-17,19H,3,8-13H2,1-2H3. The highest BCUT2D eigenvalue weighted by Gasteiger charge is 2.42. The number of ether oxygens (including phenoxy) is 1. The zero-order valence-electron chi connectivity index (χ0n) is 13.2. The summed E-state index contributed by atoms with van der Waals surface area (Å²) in [7, 11) is 0. The van der Waals surface area contributed by atoms with Crippen LogP contribution in [-0.4, -0.2) is 30.3 Å². The Morgan fingerprint density at radius 3 is 2.86 bits per heavy atom. The molecule has 0 radical (unpaired) electrons. The Hall–Kier alpha value is -0.510. The van der Waals surface area contributed by atoms with E-state index in [-0.39, 0.29) is 5.60 Å². The lowest BCUT2D eigenvalue weighted by molar-refractivity contribution is -0.0853. The van der Waals surface area contributed by atoms with Crippen LogP contribution >= 0.6 is 11.8 Å². The summed E-state index contributed by atoms with van der Waals surface area (Å²) in [5.41, 5.74) is 2.95. The maximum atomic E-state index is 6.19. The lowest BCUT2D eigenvalue weighted by Crippen LogP contribution is -2.43. The van der Waals surface area contributed by atoms with E-state index in [9.17, 15) is 0 Å². The molecule has 1 aromatic carbocycles. The highest BCUT2D eigenvalue weighted by Crippen LogP contribution is 2.44. The number of rotatable bonds is 4. The molecule has 3 atom stereocenters. The third-order valence-electron chi connectivity index (χ3n) is 4.93. The SMILES string of the molecule is CCNC(c1ccc(C)cc1)C1CCOC2(CCSC2)C1. The van der Waals surface area contributed by atoms with E-state index in [1.54, 1.807) is 0 Å². The molecule has 0 amide bonds. The Morgan fingerprint density at radius 2 is 2.19 bits per heavy atom. The van der Waals surface area contributed by atoms with Crippen molar-refractivity contribution in [3.63, 3.8) is 0 Å². The monoisotopic (exact) mass is 305 g/mol. The van der Waals surface area contributed by atoms with Crippen LogP contribution in [0.25, 0.3) is 0 Å². The number of benzene rings is 1. The van der Waals surface area contributed by atoms with Crippen LogP contribution in [-0.2, 0) is 4.74 Å². The minimum Gasteiger partial charge on any atom is -0.374 e. The molecule has 2 saturated heterocycles. The Labute approximate surface area is 133 Å². The van der Waals surface area contributed by atoms with Crippen molar-refractivity contribution in [3.05, 3.63) is 35.4 Å². The summed E-state index contributed by atoms with van der Waals surface area (Å²) in [5.74, 6) is 3.15. The van der Waals surface area contributed by atoms with Gasteiger partial charge >= 0.3 is 0 Å². The normalized spacial score (nSPS) is 30.7. The lowest BCUT2D eigenvalue weighted by atomic mass is 9.79. The predicted molar refractivity (Wildman–Crippen MR) is 90.9 cm³/mol. The van der Waals surface area contributed by atoms with E-state index < -0.39 is 0 Å². The van der Waals surface area contributed by atoms with Crippen LogP contribution in [0.5, 0.6) is 0 Å². The van der Waals surface area contributed by atoms with Gasteiger partial charge in [0, 0.05) is 18.4 Å². The second kappa shape index (κ2) is 6.72. The van der Waals surface area contributed by atoms with Gasteiger partial charge in [0.2, 0.25) is 0 Å². The van der Waals surface area contributed by atoms with Gasteiger partial charge in [-0.25, -0.2) is 0 Å². The summed E-state index contributed by atoms with van der Waals surface area (Å²) in [5, 5.41) is 3.73. The van der Waals surface area contributed by atoms with Gasteiger partial charge in [-0.05, 0) is 50.0 Å². The minimum absolute atomic E-state index is 0.173. The first kappa shape index (κ1) is 15.4. The van der Waals surface area contributed by atoms with Crippen LogP contribution in [0.4, 0.5) is 0 Å². The van der Waals surface area contributed by atoms with Gasteiger partial charge in [-0.2, -0.15) is 11.8 Å². The third-order valence-corrected chi connectivity index (χ3v) is 6.15. The van der Waals surface area contributed by atoms with Gasteiger partial charge in [0.05, 0.1) is 5.60 Å². The third kappa shape index (κ3) is 3.46. The van der Waals surface area contributed by atoms with Crippen LogP contribution in [0.3, 0.4) is 0 Å². The molecule has 21 heavy (non-hydrogen) atoms. The zero-order valence-corrected chi connectivity index (χ0v) is 14.0. The number of hydrogen-bond donors (Lipinski definition) is 1. The van der Waals surface area contributed by atoms with Gasteiger partial charge in [-0.15, -0.1) is 0 Å². The van der Waals surface area contributed by atoms with Crippen LogP contribution in [0, 0.1) is 12.8 Å². The van der Waals surface area contributed by atoms with E-state index in [1.807, 2.05) is 0 Å². The molecule has 0 aliphatic carbocycles. The Morgan fingerprint density at radius 1 is 1.38 bits per heavy atom. The van der Waals surface area contributed by atoms with Crippen molar-refractivity contribution < 1.29 is 4.74 Å². The molecule has 2 nitrogen and oxygen atoms in total. The quantitative estimate of drug-likeness (QED) is 0.910. The summed E-state index contributed by atoms with van der Waals surface area (Å²) in [6.07, 6.45) is 3.63. The molecule has 0 bridgehead atoms. The first-order chi connectivity index (χ1) is 10.2. The number of nitrogens with one attached hydrogen (secondary N) is 1. The summed E-state index contributed by atoms with van der Waals surface area (Å²) in [4.78, 5) is 0. The topological polar surface area (TPSA) is 21.3 Å². The molecule has 3 heteroatoms. The molecule has 116 valence electrons. The van der Waals surface area contributed by atoms with Crippen molar-refractivity contribution >= 4 is 11.8 Å². The molecule has 2 fully saturated rings. The van der Waals surface area contributed by atoms with Crippen molar-refractivity contribution in [1.29, 1.82) is 0 Å². The van der Waals surface area contributed by atoms with E-state index in [1.165, 1.54) is 41.9 Å². The van der Waals surface area contributed by atoms with E-state index >= 15 is 0 Å². The van der Waals surface area contributed by atoms with Crippen LogP contribution in [0.2, 0.25) is 0 Å². The molecule has 3 rings (SSSR count). The first-order valence-electron chi connectivity index (χ1n) is 8.24. The fraction of sp³-hybridized carbons (Fsp3) is 0.667. The minimum atomic E-state index is 0.173. The molecule has 1 spiro atoms. The van der Waals surface area contributed by atoms with E-state index in [0.717, 1.165) is 13.2 Å². The second-order valence-corrected chi connectivity index (χ2v) is 7.64. The number of hydrogen-bond acceptors (Lipinski definition) is 3. The average Bonchev–Trinajstić information content (AvgIpc) is 2.94. The fourth-order valence-corrected chi connectivity index (χ4v) is 5.14. The first-order valence-corrected chi connectivity index (χ1v) is 9.39. The van der Waals surface area contributed by atoms with Gasteiger partial charge in [0.1, 0.15) is 0 Å². The van der Waals surface area contributed by atoms with Gasteiger partial charge in [0.15, 0.2) is 0 Å². The lowest BCUT2D eigenvalue weighted by Gasteiger charge is -2.41. The molecular weight excluding hydrogens is 278 g/mol. The van der Waals surface area contributed by atoms with Crippen LogP contribution in [0.15, 0.2) is 24.3 Å². The summed E-state index contributed by atoms with van der Waals surface area (Å²) in [6.45, 7) is 6.32. The van der Waals surface area contributed by atoms with Gasteiger partial charge in [-0.1, -0.05) is 36.8 Å². The maximum absolute atomic E-state index is 6.19. The van der Waals surface area contributed by atoms with Crippen LogP contribution in [0.1, 0.15) is 43.4 Å². The second-order valence-electron chi connectivity index (χ2n) is 6.53. The molecule has 2 heterocycles. The van der Waals surface area contributed by atoms with E-state index in [0.29, 0.717) is 12.0 Å². The fourth-order valence-electron chi connectivity index (χ4n) is 3.76. The Bertz CT molecular complexity index is 453. The van der Waals surface area contributed by atoms with Gasteiger partial charge in [0.25, 0.3) is 0 Å². The molecular formula is C18H27NOS. The average molecular weight is 305 g/mol. The maximum Gasteiger partial charge on any atom is 0.0783 e. The zero-order chi connectivity index (χ0) is 14.7. The van der Waals surface area contributed by atoms with E-state index in [4.69, 9.17) is 4.74 Å². The van der Waals surface area contributed by atoms with E-state index in [2.05, 4.69) is 55.2 Å².